The predicted octanol–water partition coefficient (Wildman–Crippen LogP) is 1.72. The highest BCUT2D eigenvalue weighted by molar-refractivity contribution is 7.92. The summed E-state index contributed by atoms with van der Waals surface area (Å²) in [5.74, 6) is -0.354. The lowest BCUT2D eigenvalue weighted by Gasteiger charge is -2.10. The van der Waals surface area contributed by atoms with Crippen molar-refractivity contribution in [3.8, 4) is 0 Å². The normalized spacial score (nSPS) is 12.0. The van der Waals surface area contributed by atoms with Crippen LogP contribution < -0.4 is 9.44 Å². The smallest absolute Gasteiger partial charge is 0.240 e. The summed E-state index contributed by atoms with van der Waals surface area (Å²) in [5, 5.41) is 0. The van der Waals surface area contributed by atoms with Crippen LogP contribution in [0.4, 0.5) is 5.69 Å². The van der Waals surface area contributed by atoms with Crippen LogP contribution in [-0.4, -0.2) is 29.1 Å². The van der Waals surface area contributed by atoms with E-state index in [1.165, 1.54) is 6.07 Å². The molecular formula is C15H18N2O4S2. The topological polar surface area (TPSA) is 92.3 Å². The maximum atomic E-state index is 12.2. The largest absolute Gasteiger partial charge is 0.284 e. The molecule has 0 bridgehead atoms. The van der Waals surface area contributed by atoms with Crippen molar-refractivity contribution in [2.75, 3.05) is 17.0 Å². The van der Waals surface area contributed by atoms with Crippen LogP contribution in [0.1, 0.15) is 5.56 Å². The van der Waals surface area contributed by atoms with Crippen LogP contribution in [0.5, 0.6) is 0 Å². The average molecular weight is 354 g/mol. The number of para-hydroxylation sites is 1. The number of hydrogen-bond donors (Lipinski definition) is 2. The van der Waals surface area contributed by atoms with Gasteiger partial charge in [0.25, 0.3) is 0 Å². The SMILES string of the molecule is Cc1ccccc1S(=O)(=O)NCCS(=O)(=O)Nc1ccccc1. The molecule has 0 saturated heterocycles. The summed E-state index contributed by atoms with van der Waals surface area (Å²) in [6, 6.07) is 14.9. The Bertz CT molecular complexity index is 863. The van der Waals surface area contributed by atoms with Gasteiger partial charge in [-0.15, -0.1) is 0 Å². The molecule has 0 radical (unpaired) electrons. The Morgan fingerprint density at radius 2 is 1.48 bits per heavy atom. The minimum absolute atomic E-state index is 0.147. The Morgan fingerprint density at radius 3 is 2.13 bits per heavy atom. The molecular weight excluding hydrogens is 336 g/mol. The highest BCUT2D eigenvalue weighted by atomic mass is 32.2. The van der Waals surface area contributed by atoms with Crippen molar-refractivity contribution < 1.29 is 16.8 Å². The minimum atomic E-state index is -3.73. The third-order valence-corrected chi connectivity index (χ3v) is 6.00. The summed E-state index contributed by atoms with van der Waals surface area (Å²) >= 11 is 0. The fourth-order valence-electron chi connectivity index (χ4n) is 1.98. The summed E-state index contributed by atoms with van der Waals surface area (Å²) in [4.78, 5) is 0.147. The van der Waals surface area contributed by atoms with Gasteiger partial charge in [0, 0.05) is 12.2 Å². The van der Waals surface area contributed by atoms with Crippen LogP contribution in [0.15, 0.2) is 59.5 Å². The summed E-state index contributed by atoms with van der Waals surface area (Å²) in [6.45, 7) is 1.47. The van der Waals surface area contributed by atoms with Crippen molar-refractivity contribution in [2.45, 2.75) is 11.8 Å². The van der Waals surface area contributed by atoms with Crippen molar-refractivity contribution in [1.82, 2.24) is 4.72 Å². The molecule has 0 spiro atoms. The van der Waals surface area contributed by atoms with Crippen LogP contribution in [0.3, 0.4) is 0 Å². The molecule has 2 rings (SSSR count). The first kappa shape index (κ1) is 17.5. The third kappa shape index (κ3) is 5.05. The van der Waals surface area contributed by atoms with Gasteiger partial charge in [-0.1, -0.05) is 36.4 Å². The summed E-state index contributed by atoms with van der Waals surface area (Å²) in [6.07, 6.45) is 0. The Balaban J connectivity index is 1.97. The van der Waals surface area contributed by atoms with Gasteiger partial charge in [-0.25, -0.2) is 21.6 Å². The Morgan fingerprint density at radius 1 is 0.870 bits per heavy atom. The van der Waals surface area contributed by atoms with E-state index in [2.05, 4.69) is 9.44 Å². The van der Waals surface area contributed by atoms with Gasteiger partial charge in [0.15, 0.2) is 0 Å². The molecule has 6 nitrogen and oxygen atoms in total. The molecule has 23 heavy (non-hydrogen) atoms. The molecule has 0 aliphatic rings. The zero-order valence-electron chi connectivity index (χ0n) is 12.6. The van der Waals surface area contributed by atoms with E-state index in [-0.39, 0.29) is 17.2 Å². The lowest BCUT2D eigenvalue weighted by atomic mass is 10.2. The second-order valence-electron chi connectivity index (χ2n) is 4.95. The van der Waals surface area contributed by atoms with Gasteiger partial charge in [0.05, 0.1) is 10.6 Å². The van der Waals surface area contributed by atoms with Gasteiger partial charge in [0.2, 0.25) is 20.0 Å². The zero-order valence-corrected chi connectivity index (χ0v) is 14.2. The molecule has 0 aliphatic heterocycles. The van der Waals surface area contributed by atoms with E-state index in [9.17, 15) is 16.8 Å². The van der Waals surface area contributed by atoms with E-state index in [0.717, 1.165) is 0 Å². The number of nitrogens with one attached hydrogen (secondary N) is 2. The van der Waals surface area contributed by atoms with Crippen LogP contribution in [0, 0.1) is 6.92 Å². The molecule has 0 saturated carbocycles. The van der Waals surface area contributed by atoms with Crippen LogP contribution in [0.25, 0.3) is 0 Å². The Hall–Kier alpha value is -1.90. The molecule has 0 fully saturated rings. The first-order chi connectivity index (χ1) is 10.8. The Labute approximate surface area is 136 Å². The van der Waals surface area contributed by atoms with Gasteiger partial charge in [-0.05, 0) is 30.7 Å². The number of anilines is 1. The van der Waals surface area contributed by atoms with Crippen molar-refractivity contribution in [3.05, 3.63) is 60.2 Å². The maximum absolute atomic E-state index is 12.2. The maximum Gasteiger partial charge on any atom is 0.240 e. The second-order valence-corrected chi connectivity index (χ2v) is 8.53. The van der Waals surface area contributed by atoms with Crippen molar-refractivity contribution >= 4 is 25.7 Å². The van der Waals surface area contributed by atoms with E-state index < -0.39 is 20.0 Å². The van der Waals surface area contributed by atoms with Gasteiger partial charge in [0.1, 0.15) is 0 Å². The average Bonchev–Trinajstić information content (AvgIpc) is 2.47. The zero-order chi connectivity index (χ0) is 16.9. The van der Waals surface area contributed by atoms with Crippen molar-refractivity contribution in [3.63, 3.8) is 0 Å². The van der Waals surface area contributed by atoms with Crippen LogP contribution in [0.2, 0.25) is 0 Å². The molecule has 0 amide bonds. The molecule has 2 aromatic carbocycles. The fraction of sp³-hybridized carbons (Fsp3) is 0.200. The fourth-order valence-corrected chi connectivity index (χ4v) is 4.36. The van der Waals surface area contributed by atoms with E-state index in [1.807, 2.05) is 0 Å². The molecule has 0 atom stereocenters. The molecule has 0 heterocycles. The molecule has 8 heteroatoms. The van der Waals surface area contributed by atoms with E-state index >= 15 is 0 Å². The second kappa shape index (κ2) is 7.12. The lowest BCUT2D eigenvalue weighted by Crippen LogP contribution is -2.31. The van der Waals surface area contributed by atoms with E-state index in [1.54, 1.807) is 55.5 Å². The number of hydrogen-bond acceptors (Lipinski definition) is 4. The number of sulfonamides is 2. The summed E-state index contributed by atoms with van der Waals surface area (Å²) in [7, 11) is -7.35. The van der Waals surface area contributed by atoms with Crippen molar-refractivity contribution in [2.24, 2.45) is 0 Å². The number of benzene rings is 2. The summed E-state index contributed by atoms with van der Waals surface area (Å²) < 4.78 is 52.9. The molecule has 0 unspecified atom stereocenters. The van der Waals surface area contributed by atoms with Crippen LogP contribution >= 0.6 is 0 Å². The van der Waals surface area contributed by atoms with Crippen molar-refractivity contribution in [1.29, 1.82) is 0 Å². The first-order valence-electron chi connectivity index (χ1n) is 6.91. The Kier molecular flexibility index (Phi) is 5.40. The van der Waals surface area contributed by atoms with E-state index in [0.29, 0.717) is 11.3 Å². The van der Waals surface area contributed by atoms with Gasteiger partial charge in [-0.2, -0.15) is 0 Å². The molecule has 124 valence electrons. The molecule has 2 N–H and O–H groups in total. The standard InChI is InChI=1S/C15H18N2O4S2/c1-13-7-5-6-10-15(13)23(20,21)16-11-12-22(18,19)17-14-8-3-2-4-9-14/h2-10,16-17H,11-12H2,1H3. The number of aryl methyl sites for hydroxylation is 1. The van der Waals surface area contributed by atoms with E-state index in [4.69, 9.17) is 0 Å². The van der Waals surface area contributed by atoms with Crippen LogP contribution in [-0.2, 0) is 20.0 Å². The van der Waals surface area contributed by atoms with Gasteiger partial charge < -0.3 is 0 Å². The lowest BCUT2D eigenvalue weighted by molar-refractivity contribution is 0.581. The predicted molar refractivity (Wildman–Crippen MR) is 90.2 cm³/mol. The van der Waals surface area contributed by atoms with Gasteiger partial charge in [-0.3, -0.25) is 4.72 Å². The molecule has 0 aliphatic carbocycles. The molecule has 2 aromatic rings. The first-order valence-corrected chi connectivity index (χ1v) is 10.0. The monoisotopic (exact) mass is 354 g/mol. The quantitative estimate of drug-likeness (QED) is 0.792. The number of rotatable bonds is 7. The highest BCUT2D eigenvalue weighted by Gasteiger charge is 2.17. The minimum Gasteiger partial charge on any atom is -0.284 e. The highest BCUT2D eigenvalue weighted by Crippen LogP contribution is 2.13. The molecule has 0 aromatic heterocycles. The third-order valence-electron chi connectivity index (χ3n) is 3.09. The summed E-state index contributed by atoms with van der Waals surface area (Å²) in [5.41, 5.74) is 1.04. The van der Waals surface area contributed by atoms with Gasteiger partial charge >= 0.3 is 0 Å².